The summed E-state index contributed by atoms with van der Waals surface area (Å²) in [7, 11) is -3.98. The Bertz CT molecular complexity index is 789. The number of carbonyl (C=O) groups excluding carboxylic acids is 1. The molecule has 25 heavy (non-hydrogen) atoms. The van der Waals surface area contributed by atoms with Gasteiger partial charge in [-0.3, -0.25) is 0 Å². The fraction of sp³-hybridized carbons (Fsp3) is 0.588. The van der Waals surface area contributed by atoms with Gasteiger partial charge in [0.05, 0.1) is 15.6 Å². The van der Waals surface area contributed by atoms with E-state index in [0.717, 1.165) is 19.3 Å². The van der Waals surface area contributed by atoms with E-state index in [1.54, 1.807) is 0 Å². The van der Waals surface area contributed by atoms with E-state index >= 15 is 0 Å². The Morgan fingerprint density at radius 1 is 1.12 bits per heavy atom. The molecule has 5 rings (SSSR count). The molecule has 4 fully saturated rings. The van der Waals surface area contributed by atoms with Gasteiger partial charge in [0.15, 0.2) is 0 Å². The number of nitrogens with two attached hydrogens (primary N) is 1. The smallest absolute Gasteiger partial charge is 0.329 e. The van der Waals surface area contributed by atoms with Crippen LogP contribution in [0.4, 0.5) is 10.5 Å². The van der Waals surface area contributed by atoms with E-state index in [4.69, 9.17) is 17.3 Å². The number of rotatable bonds is 3. The first-order chi connectivity index (χ1) is 11.7. The van der Waals surface area contributed by atoms with Crippen molar-refractivity contribution in [2.24, 2.45) is 17.8 Å². The molecule has 1 aromatic carbocycles. The zero-order valence-electron chi connectivity index (χ0n) is 13.8. The second kappa shape index (κ2) is 5.77. The molecule has 0 radical (unpaired) electrons. The van der Waals surface area contributed by atoms with Crippen molar-refractivity contribution in [2.75, 3.05) is 5.73 Å². The van der Waals surface area contributed by atoms with Crippen LogP contribution in [0.2, 0.25) is 5.02 Å². The summed E-state index contributed by atoms with van der Waals surface area (Å²) in [4.78, 5) is 12.3. The van der Waals surface area contributed by atoms with Crippen molar-refractivity contribution in [1.82, 2.24) is 10.0 Å². The summed E-state index contributed by atoms with van der Waals surface area (Å²) in [6.45, 7) is 0. The number of nitrogens with one attached hydrogen (secondary N) is 2. The molecule has 4 saturated carbocycles. The number of halogens is 1. The number of anilines is 1. The highest BCUT2D eigenvalue weighted by Gasteiger charge is 2.51. The van der Waals surface area contributed by atoms with Gasteiger partial charge in [-0.1, -0.05) is 11.6 Å². The Kier molecular flexibility index (Phi) is 3.92. The zero-order chi connectivity index (χ0) is 17.8. The molecule has 4 aliphatic rings. The minimum Gasteiger partial charge on any atom is -0.397 e. The second-order valence-electron chi connectivity index (χ2n) is 7.94. The van der Waals surface area contributed by atoms with Gasteiger partial charge in [0.2, 0.25) is 0 Å². The minimum absolute atomic E-state index is 0.0740. The number of nitrogen functional groups attached to an aromatic ring is 1. The van der Waals surface area contributed by atoms with Crippen LogP contribution in [0.3, 0.4) is 0 Å². The molecule has 6 nitrogen and oxygen atoms in total. The molecule has 0 unspecified atom stereocenters. The number of hydrogen-bond acceptors (Lipinski definition) is 4. The molecule has 4 bridgehead atoms. The molecule has 136 valence electrons. The lowest BCUT2D eigenvalue weighted by Gasteiger charge is -2.56. The number of amides is 2. The fourth-order valence-corrected chi connectivity index (χ4v) is 6.46. The maximum atomic E-state index is 12.4. The molecular weight excluding hydrogens is 362 g/mol. The highest BCUT2D eigenvalue weighted by atomic mass is 35.5. The van der Waals surface area contributed by atoms with Gasteiger partial charge in [-0.2, -0.15) is 0 Å². The molecule has 0 atom stereocenters. The number of urea groups is 1. The lowest BCUT2D eigenvalue weighted by atomic mass is 9.53. The van der Waals surface area contributed by atoms with E-state index in [0.29, 0.717) is 17.8 Å². The third-order valence-corrected chi connectivity index (χ3v) is 7.59. The van der Waals surface area contributed by atoms with Crippen LogP contribution in [-0.2, 0) is 10.0 Å². The summed E-state index contributed by atoms with van der Waals surface area (Å²) in [5, 5.41) is 3.26. The topological polar surface area (TPSA) is 101 Å². The van der Waals surface area contributed by atoms with Gasteiger partial charge in [-0.25, -0.2) is 17.9 Å². The van der Waals surface area contributed by atoms with Crippen LogP contribution in [0.25, 0.3) is 0 Å². The number of benzene rings is 1. The molecule has 4 N–H and O–H groups in total. The van der Waals surface area contributed by atoms with Crippen LogP contribution in [0.5, 0.6) is 0 Å². The van der Waals surface area contributed by atoms with Crippen LogP contribution in [0.1, 0.15) is 38.5 Å². The van der Waals surface area contributed by atoms with Crippen LogP contribution < -0.4 is 15.8 Å². The van der Waals surface area contributed by atoms with E-state index in [2.05, 4.69) is 10.0 Å². The Hall–Kier alpha value is -1.47. The summed E-state index contributed by atoms with van der Waals surface area (Å²) in [5.41, 5.74) is 5.57. The van der Waals surface area contributed by atoms with Gasteiger partial charge >= 0.3 is 6.03 Å². The predicted molar refractivity (Wildman–Crippen MR) is 95.6 cm³/mol. The summed E-state index contributed by atoms with van der Waals surface area (Å²) >= 11 is 5.82. The van der Waals surface area contributed by atoms with Gasteiger partial charge in [0.1, 0.15) is 0 Å². The highest BCUT2D eigenvalue weighted by Crippen LogP contribution is 2.55. The minimum atomic E-state index is -3.98. The predicted octanol–water partition coefficient (Wildman–Crippen LogP) is 2.88. The Morgan fingerprint density at radius 3 is 2.20 bits per heavy atom. The second-order valence-corrected chi connectivity index (χ2v) is 10.0. The fourth-order valence-electron chi connectivity index (χ4n) is 5.40. The molecule has 0 spiro atoms. The summed E-state index contributed by atoms with van der Waals surface area (Å²) in [6, 6.07) is 3.33. The van der Waals surface area contributed by atoms with Gasteiger partial charge in [-0.05, 0) is 74.5 Å². The van der Waals surface area contributed by atoms with Crippen molar-refractivity contribution in [3.8, 4) is 0 Å². The van der Waals surface area contributed by atoms with Crippen molar-refractivity contribution in [1.29, 1.82) is 0 Å². The molecule has 0 saturated heterocycles. The maximum Gasteiger partial charge on any atom is 0.329 e. The Balaban J connectivity index is 1.47. The lowest BCUT2D eigenvalue weighted by molar-refractivity contribution is -0.0132. The van der Waals surface area contributed by atoms with Crippen LogP contribution in [0, 0.1) is 17.8 Å². The molecule has 8 heteroatoms. The van der Waals surface area contributed by atoms with Crippen LogP contribution in [0.15, 0.2) is 23.1 Å². The van der Waals surface area contributed by atoms with Crippen molar-refractivity contribution >= 4 is 33.3 Å². The standard InChI is InChI=1S/C17H22ClN3O3S/c18-14-2-1-13(6-15(14)19)25(23,24)21-16(22)20-17-7-10-3-11(8-17)5-12(4-10)9-17/h1-2,6,10-12H,3-5,7-9,19H2,(H2,20,21,22). The van der Waals surface area contributed by atoms with Crippen molar-refractivity contribution in [3.05, 3.63) is 23.2 Å². The van der Waals surface area contributed by atoms with Crippen LogP contribution >= 0.6 is 11.6 Å². The quantitative estimate of drug-likeness (QED) is 0.698. The largest absolute Gasteiger partial charge is 0.397 e. The van der Waals surface area contributed by atoms with Gasteiger partial charge < -0.3 is 11.1 Å². The molecule has 0 heterocycles. The average Bonchev–Trinajstić information content (AvgIpc) is 2.47. The van der Waals surface area contributed by atoms with E-state index in [-0.39, 0.29) is 21.1 Å². The maximum absolute atomic E-state index is 12.4. The first-order valence-electron chi connectivity index (χ1n) is 8.65. The third-order valence-electron chi connectivity index (χ3n) is 5.92. The van der Waals surface area contributed by atoms with E-state index in [9.17, 15) is 13.2 Å². The molecule has 1 aromatic rings. The Labute approximate surface area is 152 Å². The highest BCUT2D eigenvalue weighted by molar-refractivity contribution is 7.90. The summed E-state index contributed by atoms with van der Waals surface area (Å²) < 4.78 is 27.0. The van der Waals surface area contributed by atoms with Crippen molar-refractivity contribution in [2.45, 2.75) is 49.0 Å². The molecule has 0 aliphatic heterocycles. The van der Waals surface area contributed by atoms with Gasteiger partial charge in [0.25, 0.3) is 10.0 Å². The van der Waals surface area contributed by atoms with Gasteiger partial charge in [-0.15, -0.1) is 0 Å². The summed E-state index contributed by atoms with van der Waals surface area (Å²) in [5.74, 6) is 2.00. The molecule has 0 aromatic heterocycles. The normalized spacial score (nSPS) is 33.2. The molecule has 4 aliphatic carbocycles. The molecular formula is C17H22ClN3O3S. The van der Waals surface area contributed by atoms with Gasteiger partial charge in [0, 0.05) is 5.54 Å². The number of carbonyl (C=O) groups is 1. The van der Waals surface area contributed by atoms with E-state index in [1.807, 2.05) is 0 Å². The van der Waals surface area contributed by atoms with Crippen molar-refractivity contribution < 1.29 is 13.2 Å². The number of hydrogen-bond donors (Lipinski definition) is 3. The van der Waals surface area contributed by atoms with Crippen LogP contribution in [-0.4, -0.2) is 20.0 Å². The Morgan fingerprint density at radius 2 is 1.68 bits per heavy atom. The monoisotopic (exact) mass is 383 g/mol. The third kappa shape index (κ3) is 3.19. The van der Waals surface area contributed by atoms with E-state index in [1.165, 1.54) is 37.5 Å². The lowest BCUT2D eigenvalue weighted by Crippen LogP contribution is -2.61. The first kappa shape index (κ1) is 17.0. The SMILES string of the molecule is Nc1cc(S(=O)(=O)NC(=O)NC23CC4CC(CC(C4)C2)C3)ccc1Cl. The average molecular weight is 384 g/mol. The summed E-state index contributed by atoms with van der Waals surface area (Å²) in [6.07, 6.45) is 6.64. The number of sulfonamides is 1. The first-order valence-corrected chi connectivity index (χ1v) is 10.5. The molecule has 2 amide bonds. The zero-order valence-corrected chi connectivity index (χ0v) is 15.4. The van der Waals surface area contributed by atoms with Crippen molar-refractivity contribution in [3.63, 3.8) is 0 Å². The van der Waals surface area contributed by atoms with E-state index < -0.39 is 16.1 Å².